The Bertz CT molecular complexity index is 460. The topological polar surface area (TPSA) is 59.5 Å². The normalized spacial score (nSPS) is 11.4. The molecule has 0 saturated heterocycles. The molecule has 0 radical (unpaired) electrons. The zero-order chi connectivity index (χ0) is 10.8. The molecule has 0 fully saturated rings. The minimum Gasteiger partial charge on any atom is -0.398 e. The zero-order valence-corrected chi connectivity index (χ0v) is 9.01. The Labute approximate surface area is 88.5 Å². The molecule has 0 aromatic carbocycles. The monoisotopic (exact) mass is 205 g/mol. The van der Waals surface area contributed by atoms with Crippen molar-refractivity contribution in [2.75, 3.05) is 26.4 Å². The number of pyridine rings is 1. The third kappa shape index (κ3) is 2.07. The first kappa shape index (κ1) is 9.92. The van der Waals surface area contributed by atoms with Crippen molar-refractivity contribution >= 4 is 11.3 Å². The Balaban J connectivity index is 2.31. The van der Waals surface area contributed by atoms with Gasteiger partial charge in [0.1, 0.15) is 5.82 Å². The Morgan fingerprint density at radius 3 is 2.87 bits per heavy atom. The van der Waals surface area contributed by atoms with Crippen LogP contribution in [0.15, 0.2) is 18.3 Å². The van der Waals surface area contributed by atoms with Crippen LogP contribution in [0.3, 0.4) is 0 Å². The van der Waals surface area contributed by atoms with E-state index in [0.717, 1.165) is 30.1 Å². The predicted molar refractivity (Wildman–Crippen MR) is 59.7 cm³/mol. The number of nitrogen functional groups attached to an aromatic ring is 1. The summed E-state index contributed by atoms with van der Waals surface area (Å²) in [6.45, 7) is 0.954. The summed E-state index contributed by atoms with van der Waals surface area (Å²) in [7, 11) is 4.08. The lowest BCUT2D eigenvalue weighted by Crippen LogP contribution is -2.16. The summed E-state index contributed by atoms with van der Waals surface area (Å²) in [5.74, 6) is 0.950. The molecule has 2 heterocycles. The molecular weight excluding hydrogens is 190 g/mol. The maximum absolute atomic E-state index is 5.72. The smallest absolute Gasteiger partial charge is 0.160 e. The highest BCUT2D eigenvalue weighted by atomic mass is 15.2. The number of hydrogen-bond acceptors (Lipinski definition) is 4. The maximum atomic E-state index is 5.72. The largest absolute Gasteiger partial charge is 0.398 e. The van der Waals surface area contributed by atoms with Crippen molar-refractivity contribution in [2.45, 2.75) is 6.42 Å². The van der Waals surface area contributed by atoms with E-state index in [9.17, 15) is 0 Å². The minimum atomic E-state index is 0.730. The molecule has 0 unspecified atom stereocenters. The van der Waals surface area contributed by atoms with Gasteiger partial charge in [-0.25, -0.2) is 0 Å². The average Bonchev–Trinajstić information content (AvgIpc) is 2.57. The number of hydrogen-bond donors (Lipinski definition) is 1. The number of fused-ring (bicyclic) bond motifs is 1. The SMILES string of the molecule is CN(C)CCc1nnc2ccc(N)cn12. The van der Waals surface area contributed by atoms with E-state index >= 15 is 0 Å². The van der Waals surface area contributed by atoms with E-state index in [1.54, 1.807) is 0 Å². The quantitative estimate of drug-likeness (QED) is 0.788. The number of likely N-dealkylation sites (N-methyl/N-ethyl adjacent to an activating group) is 1. The number of nitrogens with two attached hydrogens (primary N) is 1. The lowest BCUT2D eigenvalue weighted by Gasteiger charge is -2.07. The summed E-state index contributed by atoms with van der Waals surface area (Å²) >= 11 is 0. The van der Waals surface area contributed by atoms with E-state index in [4.69, 9.17) is 5.73 Å². The van der Waals surface area contributed by atoms with Crippen molar-refractivity contribution < 1.29 is 0 Å². The van der Waals surface area contributed by atoms with Gasteiger partial charge in [-0.05, 0) is 26.2 Å². The summed E-state index contributed by atoms with van der Waals surface area (Å²) in [5.41, 5.74) is 7.30. The Kier molecular flexibility index (Phi) is 2.55. The highest BCUT2D eigenvalue weighted by Crippen LogP contribution is 2.08. The highest BCUT2D eigenvalue weighted by Gasteiger charge is 2.05. The van der Waals surface area contributed by atoms with Gasteiger partial charge in [-0.1, -0.05) is 0 Å². The van der Waals surface area contributed by atoms with E-state index < -0.39 is 0 Å². The molecule has 5 heteroatoms. The minimum absolute atomic E-state index is 0.730. The Morgan fingerprint density at radius 1 is 1.33 bits per heavy atom. The fraction of sp³-hybridized carbons (Fsp3) is 0.400. The third-order valence-corrected chi connectivity index (χ3v) is 2.28. The van der Waals surface area contributed by atoms with Crippen LogP contribution < -0.4 is 5.73 Å². The van der Waals surface area contributed by atoms with E-state index in [2.05, 4.69) is 15.1 Å². The van der Waals surface area contributed by atoms with E-state index in [-0.39, 0.29) is 0 Å². The second-order valence-corrected chi connectivity index (χ2v) is 3.86. The van der Waals surface area contributed by atoms with Crippen LogP contribution in [0, 0.1) is 0 Å². The van der Waals surface area contributed by atoms with Crippen LogP contribution in [0.5, 0.6) is 0 Å². The third-order valence-electron chi connectivity index (χ3n) is 2.28. The summed E-state index contributed by atoms with van der Waals surface area (Å²) in [5, 5.41) is 8.22. The summed E-state index contributed by atoms with van der Waals surface area (Å²) in [6.07, 6.45) is 2.73. The first-order valence-electron chi connectivity index (χ1n) is 4.90. The molecule has 2 aromatic rings. The van der Waals surface area contributed by atoms with Crippen LogP contribution in [0.4, 0.5) is 5.69 Å². The molecule has 80 valence electrons. The number of nitrogens with zero attached hydrogens (tertiary/aromatic N) is 4. The van der Waals surface area contributed by atoms with E-state index in [0.29, 0.717) is 0 Å². The van der Waals surface area contributed by atoms with Gasteiger partial charge in [0.05, 0.1) is 0 Å². The van der Waals surface area contributed by atoms with Gasteiger partial charge in [0.25, 0.3) is 0 Å². The molecule has 15 heavy (non-hydrogen) atoms. The number of anilines is 1. The van der Waals surface area contributed by atoms with Crippen molar-refractivity contribution in [2.24, 2.45) is 0 Å². The van der Waals surface area contributed by atoms with Gasteiger partial charge in [0.2, 0.25) is 0 Å². The average molecular weight is 205 g/mol. The Morgan fingerprint density at radius 2 is 2.13 bits per heavy atom. The van der Waals surface area contributed by atoms with Crippen molar-refractivity contribution in [1.82, 2.24) is 19.5 Å². The molecule has 0 spiro atoms. The highest BCUT2D eigenvalue weighted by molar-refractivity contribution is 5.47. The lowest BCUT2D eigenvalue weighted by molar-refractivity contribution is 0.409. The first-order chi connectivity index (χ1) is 7.16. The van der Waals surface area contributed by atoms with Crippen LogP contribution in [0.25, 0.3) is 5.65 Å². The molecule has 0 saturated carbocycles. The fourth-order valence-corrected chi connectivity index (χ4v) is 1.45. The van der Waals surface area contributed by atoms with Crippen LogP contribution in [0.1, 0.15) is 5.82 Å². The number of aromatic nitrogens is 3. The molecule has 2 aromatic heterocycles. The van der Waals surface area contributed by atoms with E-state index in [1.807, 2.05) is 36.8 Å². The summed E-state index contributed by atoms with van der Waals surface area (Å²) < 4.78 is 1.94. The molecule has 0 bridgehead atoms. The van der Waals surface area contributed by atoms with Crippen molar-refractivity contribution in [3.8, 4) is 0 Å². The van der Waals surface area contributed by atoms with Gasteiger partial charge >= 0.3 is 0 Å². The lowest BCUT2D eigenvalue weighted by atomic mass is 10.3. The van der Waals surface area contributed by atoms with Crippen molar-refractivity contribution in [3.63, 3.8) is 0 Å². The van der Waals surface area contributed by atoms with Gasteiger partial charge in [-0.3, -0.25) is 4.40 Å². The molecule has 0 aliphatic carbocycles. The molecule has 0 aliphatic rings. The molecular formula is C10H15N5. The molecule has 2 rings (SSSR count). The van der Waals surface area contributed by atoms with E-state index in [1.165, 1.54) is 0 Å². The van der Waals surface area contributed by atoms with Gasteiger partial charge in [-0.15, -0.1) is 10.2 Å². The standard InChI is InChI=1S/C10H15N5/c1-14(2)6-5-10-13-12-9-4-3-8(11)7-15(9)10/h3-4,7H,5-6,11H2,1-2H3. The first-order valence-corrected chi connectivity index (χ1v) is 4.90. The maximum Gasteiger partial charge on any atom is 0.160 e. The van der Waals surface area contributed by atoms with Gasteiger partial charge in [-0.2, -0.15) is 0 Å². The molecule has 2 N–H and O–H groups in total. The van der Waals surface area contributed by atoms with Crippen molar-refractivity contribution in [1.29, 1.82) is 0 Å². The summed E-state index contributed by atoms with van der Waals surface area (Å²) in [4.78, 5) is 2.12. The molecule has 5 nitrogen and oxygen atoms in total. The molecule has 0 amide bonds. The van der Waals surface area contributed by atoms with Crippen molar-refractivity contribution in [3.05, 3.63) is 24.2 Å². The second kappa shape index (κ2) is 3.86. The Hall–Kier alpha value is -1.62. The van der Waals surface area contributed by atoms with Gasteiger partial charge < -0.3 is 10.6 Å². The fourth-order valence-electron chi connectivity index (χ4n) is 1.45. The molecule has 0 atom stereocenters. The predicted octanol–water partition coefficient (Wildman–Crippen LogP) is 0.416. The van der Waals surface area contributed by atoms with Crippen LogP contribution in [-0.2, 0) is 6.42 Å². The van der Waals surface area contributed by atoms with Gasteiger partial charge in [0.15, 0.2) is 5.65 Å². The van der Waals surface area contributed by atoms with Gasteiger partial charge in [0, 0.05) is 24.8 Å². The zero-order valence-electron chi connectivity index (χ0n) is 9.01. The summed E-state index contributed by atoms with van der Waals surface area (Å²) in [6, 6.07) is 3.71. The molecule has 0 aliphatic heterocycles. The van der Waals surface area contributed by atoms with Crippen LogP contribution >= 0.6 is 0 Å². The second-order valence-electron chi connectivity index (χ2n) is 3.86. The van der Waals surface area contributed by atoms with Crippen LogP contribution in [0.2, 0.25) is 0 Å². The number of rotatable bonds is 3. The van der Waals surface area contributed by atoms with Crippen LogP contribution in [-0.4, -0.2) is 40.1 Å².